The Bertz CT molecular complexity index is 824. The van der Waals surface area contributed by atoms with Crippen LogP contribution in [0.5, 0.6) is 0 Å². The maximum absolute atomic E-state index is 13.3. The molecular weight excluding hydrogens is 319 g/mol. The van der Waals surface area contributed by atoms with Gasteiger partial charge in [0.2, 0.25) is 6.10 Å². The van der Waals surface area contributed by atoms with E-state index in [1.807, 2.05) is 24.3 Å². The number of benzene rings is 2. The lowest BCUT2D eigenvalue weighted by Gasteiger charge is -2.23. The first-order valence-corrected chi connectivity index (χ1v) is 8.23. The lowest BCUT2D eigenvalue weighted by atomic mass is 9.86. The predicted molar refractivity (Wildman–Crippen MR) is 96.2 cm³/mol. The molecule has 2 aromatic carbocycles. The highest BCUT2D eigenvalue weighted by atomic mass is 19.1. The van der Waals surface area contributed by atoms with Gasteiger partial charge in [0, 0.05) is 17.7 Å². The number of nitrogens with one attached hydrogen (secondary N) is 1. The largest absolute Gasteiger partial charge is 0.382 e. The van der Waals surface area contributed by atoms with Crippen molar-refractivity contribution >= 4 is 17.3 Å². The van der Waals surface area contributed by atoms with Crippen LogP contribution in [-0.2, 0) is 15.0 Å². The van der Waals surface area contributed by atoms with Gasteiger partial charge in [0.05, 0.1) is 5.71 Å². The second-order valence-electron chi connectivity index (χ2n) is 7.13. The zero-order chi connectivity index (χ0) is 18.0. The zero-order valence-corrected chi connectivity index (χ0v) is 14.5. The topological polar surface area (TPSA) is 50.7 Å². The summed E-state index contributed by atoms with van der Waals surface area (Å²) in [6, 6.07) is 13.8. The van der Waals surface area contributed by atoms with Gasteiger partial charge >= 0.3 is 0 Å². The minimum absolute atomic E-state index is 0.0936. The quantitative estimate of drug-likeness (QED) is 0.908. The number of nitrogens with zero attached hydrogens (tertiary/aromatic N) is 1. The second-order valence-corrected chi connectivity index (χ2v) is 7.13. The highest BCUT2D eigenvalue weighted by Crippen LogP contribution is 2.29. The van der Waals surface area contributed by atoms with Crippen molar-refractivity contribution in [3.05, 3.63) is 65.5 Å². The number of oxime groups is 1. The normalized spacial score (nSPS) is 17.0. The van der Waals surface area contributed by atoms with Crippen molar-refractivity contribution in [3.8, 4) is 0 Å². The third kappa shape index (κ3) is 3.87. The number of hydrogen-bond acceptors (Lipinski definition) is 3. The van der Waals surface area contributed by atoms with E-state index in [0.29, 0.717) is 17.7 Å². The molecule has 0 unspecified atom stereocenters. The van der Waals surface area contributed by atoms with Crippen LogP contribution >= 0.6 is 0 Å². The van der Waals surface area contributed by atoms with Gasteiger partial charge in [0.1, 0.15) is 5.82 Å². The molecule has 2 aromatic rings. The van der Waals surface area contributed by atoms with Gasteiger partial charge in [-0.2, -0.15) is 0 Å². The van der Waals surface area contributed by atoms with Crippen LogP contribution in [0.25, 0.3) is 0 Å². The number of halogens is 1. The van der Waals surface area contributed by atoms with Gasteiger partial charge in [0.25, 0.3) is 5.91 Å². The van der Waals surface area contributed by atoms with Crippen molar-refractivity contribution in [3.63, 3.8) is 0 Å². The van der Waals surface area contributed by atoms with Crippen LogP contribution < -0.4 is 5.32 Å². The average molecular weight is 340 g/mol. The van der Waals surface area contributed by atoms with Crippen molar-refractivity contribution in [1.82, 2.24) is 0 Å². The molecule has 0 fully saturated rings. The van der Waals surface area contributed by atoms with E-state index >= 15 is 0 Å². The molecule has 0 spiro atoms. The fraction of sp³-hybridized carbons (Fsp3) is 0.300. The van der Waals surface area contributed by atoms with Crippen LogP contribution in [0.2, 0.25) is 0 Å². The SMILES string of the molecule is CC(C)(C)c1ccccc1NC(=O)[C@@H]1CC(c2cccc(F)c2)=NO1. The summed E-state index contributed by atoms with van der Waals surface area (Å²) in [4.78, 5) is 17.8. The van der Waals surface area contributed by atoms with E-state index in [-0.39, 0.29) is 17.1 Å². The van der Waals surface area contributed by atoms with E-state index in [9.17, 15) is 9.18 Å². The molecule has 0 saturated carbocycles. The minimum atomic E-state index is -0.716. The maximum Gasteiger partial charge on any atom is 0.268 e. The Morgan fingerprint density at radius 2 is 1.96 bits per heavy atom. The molecule has 1 amide bonds. The van der Waals surface area contributed by atoms with Crippen LogP contribution in [0, 0.1) is 5.82 Å². The summed E-state index contributed by atoms with van der Waals surface area (Å²) in [6.07, 6.45) is -0.404. The summed E-state index contributed by atoms with van der Waals surface area (Å²) in [5, 5.41) is 6.88. The first-order chi connectivity index (χ1) is 11.8. The Morgan fingerprint density at radius 3 is 2.68 bits per heavy atom. The smallest absolute Gasteiger partial charge is 0.268 e. The molecule has 3 rings (SSSR count). The summed E-state index contributed by atoms with van der Waals surface area (Å²) in [7, 11) is 0. The highest BCUT2D eigenvalue weighted by Gasteiger charge is 2.30. The molecule has 1 aliphatic rings. The van der Waals surface area contributed by atoms with Crippen molar-refractivity contribution in [2.24, 2.45) is 5.16 Å². The van der Waals surface area contributed by atoms with Crippen LogP contribution in [0.15, 0.2) is 53.7 Å². The van der Waals surface area contributed by atoms with Gasteiger partial charge in [-0.3, -0.25) is 4.79 Å². The van der Waals surface area contributed by atoms with E-state index in [1.54, 1.807) is 12.1 Å². The van der Waals surface area contributed by atoms with Crippen LogP contribution in [0.3, 0.4) is 0 Å². The second kappa shape index (κ2) is 6.67. The predicted octanol–water partition coefficient (Wildman–Crippen LogP) is 4.25. The Morgan fingerprint density at radius 1 is 1.20 bits per heavy atom. The standard InChI is InChI=1S/C20H21FN2O2/c1-20(2,3)15-9-4-5-10-16(15)22-19(24)18-12-17(23-25-18)13-7-6-8-14(21)11-13/h4-11,18H,12H2,1-3H3,(H,22,24)/t18-/m0/s1. The average Bonchev–Trinajstić information content (AvgIpc) is 3.04. The molecule has 4 nitrogen and oxygen atoms in total. The molecule has 0 aromatic heterocycles. The summed E-state index contributed by atoms with van der Waals surface area (Å²) in [5.74, 6) is -0.598. The zero-order valence-electron chi connectivity index (χ0n) is 14.5. The number of para-hydroxylation sites is 1. The third-order valence-corrected chi connectivity index (χ3v) is 4.11. The number of anilines is 1. The Balaban J connectivity index is 1.71. The molecule has 1 aliphatic heterocycles. The van der Waals surface area contributed by atoms with Crippen LogP contribution in [0.4, 0.5) is 10.1 Å². The third-order valence-electron chi connectivity index (χ3n) is 4.11. The highest BCUT2D eigenvalue weighted by molar-refractivity contribution is 6.06. The number of carbonyl (C=O) groups excluding carboxylic acids is 1. The molecular formula is C20H21FN2O2. The molecule has 0 saturated heterocycles. The van der Waals surface area contributed by atoms with Gasteiger partial charge in [-0.1, -0.05) is 56.3 Å². The van der Waals surface area contributed by atoms with Gasteiger partial charge in [0.15, 0.2) is 0 Å². The minimum Gasteiger partial charge on any atom is -0.382 e. The number of carbonyl (C=O) groups is 1. The molecule has 5 heteroatoms. The van der Waals surface area contributed by atoms with E-state index in [4.69, 9.17) is 4.84 Å². The Hall–Kier alpha value is -2.69. The summed E-state index contributed by atoms with van der Waals surface area (Å²) < 4.78 is 13.3. The van der Waals surface area contributed by atoms with E-state index < -0.39 is 6.10 Å². The Kier molecular flexibility index (Phi) is 4.57. The number of amides is 1. The molecule has 1 atom stereocenters. The van der Waals surface area contributed by atoms with Crippen LogP contribution in [0.1, 0.15) is 38.3 Å². The molecule has 0 aliphatic carbocycles. The summed E-state index contributed by atoms with van der Waals surface area (Å²) in [6.45, 7) is 6.28. The first kappa shape index (κ1) is 17.1. The monoisotopic (exact) mass is 340 g/mol. The molecule has 25 heavy (non-hydrogen) atoms. The van der Waals surface area contributed by atoms with Crippen molar-refractivity contribution in [2.45, 2.75) is 38.7 Å². The van der Waals surface area contributed by atoms with Crippen molar-refractivity contribution < 1.29 is 14.0 Å². The van der Waals surface area contributed by atoms with E-state index in [2.05, 4.69) is 31.2 Å². The van der Waals surface area contributed by atoms with Gasteiger partial charge in [-0.05, 0) is 29.2 Å². The first-order valence-electron chi connectivity index (χ1n) is 8.23. The molecule has 1 N–H and O–H groups in total. The van der Waals surface area contributed by atoms with Crippen molar-refractivity contribution in [1.29, 1.82) is 0 Å². The fourth-order valence-corrected chi connectivity index (χ4v) is 2.82. The molecule has 0 radical (unpaired) electrons. The lowest BCUT2D eigenvalue weighted by molar-refractivity contribution is -0.125. The molecule has 1 heterocycles. The number of hydrogen-bond donors (Lipinski definition) is 1. The number of rotatable bonds is 3. The van der Waals surface area contributed by atoms with Gasteiger partial charge in [-0.15, -0.1) is 0 Å². The maximum atomic E-state index is 13.3. The van der Waals surface area contributed by atoms with E-state index in [1.165, 1.54) is 12.1 Å². The lowest BCUT2D eigenvalue weighted by Crippen LogP contribution is -2.29. The molecule has 0 bridgehead atoms. The fourth-order valence-electron chi connectivity index (χ4n) is 2.82. The van der Waals surface area contributed by atoms with Crippen LogP contribution in [-0.4, -0.2) is 17.7 Å². The summed E-state index contributed by atoms with van der Waals surface area (Å²) >= 11 is 0. The van der Waals surface area contributed by atoms with Gasteiger partial charge < -0.3 is 10.2 Å². The Labute approximate surface area is 146 Å². The van der Waals surface area contributed by atoms with Gasteiger partial charge in [-0.25, -0.2) is 4.39 Å². The van der Waals surface area contributed by atoms with Crippen molar-refractivity contribution in [2.75, 3.05) is 5.32 Å². The van der Waals surface area contributed by atoms with E-state index in [0.717, 1.165) is 11.3 Å². The summed E-state index contributed by atoms with van der Waals surface area (Å²) in [5.41, 5.74) is 2.92. The molecule has 130 valence electrons.